The number of carbonyl (C=O) groups excluding carboxylic acids is 1. The maximum atomic E-state index is 13.3. The van der Waals surface area contributed by atoms with E-state index in [9.17, 15) is 59.4 Å². The van der Waals surface area contributed by atoms with Crippen molar-refractivity contribution in [1.82, 2.24) is 68.4 Å². The van der Waals surface area contributed by atoms with Gasteiger partial charge in [0.05, 0.1) is 78.8 Å². The van der Waals surface area contributed by atoms with Crippen molar-refractivity contribution < 1.29 is 64.2 Å². The first-order valence-corrected chi connectivity index (χ1v) is 37.3. The Bertz CT molecular complexity index is 4490. The van der Waals surface area contributed by atoms with Crippen LogP contribution in [0.2, 0.25) is 0 Å². The third kappa shape index (κ3) is 19.5. The molecule has 1 saturated heterocycles. The first-order valence-electron chi connectivity index (χ1n) is 35.2. The third-order valence-corrected chi connectivity index (χ3v) is 20.9. The molecule has 103 heavy (non-hydrogen) atoms. The second kappa shape index (κ2) is 31.8. The Hall–Kier alpha value is -7.90. The highest BCUT2D eigenvalue weighted by molar-refractivity contribution is 7.99. The second-order valence-corrected chi connectivity index (χ2v) is 31.5. The van der Waals surface area contributed by atoms with E-state index in [1.54, 1.807) is 71.8 Å². The summed E-state index contributed by atoms with van der Waals surface area (Å²) in [6.07, 6.45) is 13.8. The van der Waals surface area contributed by atoms with Crippen LogP contribution in [0, 0.1) is 11.8 Å². The smallest absolute Gasteiger partial charge is 0.389 e. The van der Waals surface area contributed by atoms with Gasteiger partial charge < -0.3 is 25.4 Å². The Balaban J connectivity index is 0.000000155. The van der Waals surface area contributed by atoms with Crippen LogP contribution in [0.1, 0.15) is 187 Å². The molecule has 4 atom stereocenters. The standard InChI is InChI=1S/C25H35F2N7O2.C24H29F3N4O2S.C24H27F3N4O2/c1-16(14-36-3)30-24-28-10-23-21(8-22(34(23)31-24)17-4-6-20(35)7-5-17)18-9-29-33(11-18)19-12-32(13-19)15-25(2,26)27;1-15(12-24(25,26)27)10-22-28-14-21-19(17-6-9-23(29-13-17)34(2,3)33)11-20(31(21)30-22)16-4-7-18(32)8-5-16;1-14(10-24(25,26)27)7-23-29-13-22-20(18-8-17(15(2)32)11-28-12-18)9-21(31(22)30-23)16-3-5-19(33)6-4-16/h8-11,16-17,19-20,35H,4-7,12-15H2,1-3H3,(H,30,31);6,9,11,13-16,18,32H,2,4-5,7-8,10,12H2,1,3H3;8-9,11-14,16,19,33H,3-7,10H2,1-2H3/t16-,17?,20?;15-,16?,18?,34?;14-,16?,19?/m011/s1. The van der Waals surface area contributed by atoms with Crippen molar-refractivity contribution in [2.75, 3.05) is 44.9 Å². The molecule has 4 fully saturated rings. The van der Waals surface area contributed by atoms with Crippen LogP contribution < -0.4 is 5.32 Å². The number of fused-ring (bicyclic) bond motifs is 3. The number of carbonyl (C=O) groups is 1. The number of methoxy groups -OCH3 is 1. The fraction of sp³-hybridized carbons (Fsp3) is 0.548. The predicted octanol–water partition coefficient (Wildman–Crippen LogP) is 13.4. The monoisotopic (exact) mass is 1460 g/mol. The summed E-state index contributed by atoms with van der Waals surface area (Å²) in [7, 11) is -0.773. The molecule has 4 N–H and O–H groups in total. The first kappa shape index (κ1) is 76.2. The average molecular weight is 1460 g/mol. The zero-order valence-corrected chi connectivity index (χ0v) is 59.8. The summed E-state index contributed by atoms with van der Waals surface area (Å²) in [5.74, 6) is 1.49. The molecule has 9 aromatic heterocycles. The molecular formula is C73H91F8N15O6S. The van der Waals surface area contributed by atoms with Crippen LogP contribution in [-0.2, 0) is 27.1 Å². The lowest BCUT2D eigenvalue weighted by Crippen LogP contribution is -2.51. The SMILES string of the molecule is C=S(C)(=O)c1ccc(-c2cc(C3CCC(O)CC3)n3nc(C[C@@H](C)CC(F)(F)F)ncc23)cn1.CC(=O)c1cncc(-c2cc(C3CCC(O)CC3)n3nc(C[C@@H](C)CC(F)(F)F)ncc23)c1.COC[C@H](C)Nc1ncc2c(-c3cnn(C4CN(CC(C)(F)F)C4)c3)cc(C3CCC(O)CC3)n2n1. The van der Waals surface area contributed by atoms with Gasteiger partial charge in [0.2, 0.25) is 5.95 Å². The van der Waals surface area contributed by atoms with E-state index in [0.29, 0.717) is 85.0 Å². The van der Waals surface area contributed by atoms with E-state index in [1.807, 2.05) is 52.9 Å². The van der Waals surface area contributed by atoms with Gasteiger partial charge in [-0.2, -0.15) is 41.6 Å². The van der Waals surface area contributed by atoms with E-state index in [-0.39, 0.29) is 67.4 Å². The van der Waals surface area contributed by atoms with Crippen LogP contribution in [0.5, 0.6) is 0 Å². The molecule has 21 nitrogen and oxygen atoms in total. The molecule has 3 aliphatic carbocycles. The van der Waals surface area contributed by atoms with Crippen LogP contribution >= 0.6 is 0 Å². The number of Topliss-reactive ketones (excluding diaryl/α,β-unsaturated/α-hetero) is 1. The number of hydrogen-bond acceptors (Lipinski definition) is 17. The maximum absolute atomic E-state index is 13.3. The number of aliphatic hydroxyl groups excluding tert-OH is 3. The Morgan fingerprint density at radius 1 is 0.621 bits per heavy atom. The highest BCUT2D eigenvalue weighted by Gasteiger charge is 2.37. The summed E-state index contributed by atoms with van der Waals surface area (Å²) >= 11 is 0. The van der Waals surface area contributed by atoms with E-state index >= 15 is 0 Å². The number of halogens is 8. The number of likely N-dealkylation sites (tertiary alicyclic amines) is 1. The minimum absolute atomic E-state index is 0.0590. The lowest BCUT2D eigenvalue weighted by atomic mass is 9.85. The number of alkyl halides is 8. The highest BCUT2D eigenvalue weighted by atomic mass is 32.2. The number of rotatable bonds is 21. The Morgan fingerprint density at radius 2 is 1.09 bits per heavy atom. The largest absolute Gasteiger partial charge is 0.393 e. The van der Waals surface area contributed by atoms with Gasteiger partial charge in [-0.05, 0) is 139 Å². The van der Waals surface area contributed by atoms with Crippen molar-refractivity contribution in [3.8, 4) is 33.4 Å². The number of nitrogens with zero attached hydrogens (tertiary/aromatic N) is 14. The number of pyridine rings is 2. The number of aromatic nitrogens is 13. The average Bonchev–Trinajstić information content (AvgIpc) is 1.63. The number of hydrogen-bond donors (Lipinski definition) is 4. The molecule has 1 unspecified atom stereocenters. The van der Waals surface area contributed by atoms with Gasteiger partial charge in [0, 0.05) is 173 Å². The van der Waals surface area contributed by atoms with Crippen molar-refractivity contribution in [2.45, 2.75) is 209 Å². The van der Waals surface area contributed by atoms with Crippen LogP contribution in [0.4, 0.5) is 41.1 Å². The van der Waals surface area contributed by atoms with Gasteiger partial charge in [-0.25, -0.2) is 42.3 Å². The summed E-state index contributed by atoms with van der Waals surface area (Å²) in [4.78, 5) is 35.4. The van der Waals surface area contributed by atoms with E-state index in [1.165, 1.54) is 19.4 Å². The van der Waals surface area contributed by atoms with Crippen LogP contribution in [0.15, 0.2) is 91.0 Å². The van der Waals surface area contributed by atoms with Crippen molar-refractivity contribution in [1.29, 1.82) is 0 Å². The molecule has 0 aromatic carbocycles. The summed E-state index contributed by atoms with van der Waals surface area (Å²) in [6.45, 7) is 8.99. The molecule has 13 rings (SSSR count). The number of anilines is 1. The lowest BCUT2D eigenvalue weighted by Gasteiger charge is -2.40. The van der Waals surface area contributed by atoms with Crippen LogP contribution in [0.3, 0.4) is 0 Å². The van der Waals surface area contributed by atoms with Gasteiger partial charge in [0.15, 0.2) is 5.78 Å². The summed E-state index contributed by atoms with van der Waals surface area (Å²) in [6, 6.07) is 11.7. The Labute approximate surface area is 592 Å². The number of nitrogens with one attached hydrogen (secondary N) is 1. The normalized spacial score (nSPS) is 21.6. The van der Waals surface area contributed by atoms with Crippen molar-refractivity contribution in [2.24, 2.45) is 11.8 Å². The van der Waals surface area contributed by atoms with Crippen molar-refractivity contribution in [3.05, 3.63) is 120 Å². The topological polar surface area (TPSA) is 253 Å². The molecule has 556 valence electrons. The van der Waals surface area contributed by atoms with Gasteiger partial charge in [-0.3, -0.25) is 23.6 Å². The van der Waals surface area contributed by atoms with Gasteiger partial charge in [-0.15, -0.1) is 5.10 Å². The quantitative estimate of drug-likeness (QED) is 0.0296. The molecule has 30 heteroatoms. The summed E-state index contributed by atoms with van der Waals surface area (Å²) in [5, 5.41) is 52.2. The summed E-state index contributed by atoms with van der Waals surface area (Å²) in [5.41, 5.74) is 11.0. The second-order valence-electron chi connectivity index (χ2n) is 29.1. The predicted molar refractivity (Wildman–Crippen MR) is 376 cm³/mol. The van der Waals surface area contributed by atoms with Gasteiger partial charge in [0.1, 0.15) is 16.7 Å². The first-order chi connectivity index (χ1) is 48.7. The van der Waals surface area contributed by atoms with Crippen LogP contribution in [-0.4, -0.2) is 182 Å². The fourth-order valence-electron chi connectivity index (χ4n) is 14.6. The molecule has 9 aromatic rings. The van der Waals surface area contributed by atoms with E-state index < -0.39 is 52.5 Å². The number of aliphatic hydroxyl groups is 3. The van der Waals surface area contributed by atoms with Crippen LogP contribution in [0.25, 0.3) is 49.9 Å². The zero-order chi connectivity index (χ0) is 73.9. The molecule has 0 bridgehead atoms. The minimum atomic E-state index is -4.23. The molecular weight excluding hydrogens is 1370 g/mol. The highest BCUT2D eigenvalue weighted by Crippen LogP contribution is 2.42. The van der Waals surface area contributed by atoms with Crippen molar-refractivity contribution in [3.63, 3.8) is 0 Å². The molecule has 1 aliphatic heterocycles. The summed E-state index contributed by atoms with van der Waals surface area (Å²) < 4.78 is 128. The van der Waals surface area contributed by atoms with Crippen molar-refractivity contribution >= 4 is 43.7 Å². The lowest BCUT2D eigenvalue weighted by molar-refractivity contribution is -0.144. The van der Waals surface area contributed by atoms with Gasteiger partial charge in [-0.1, -0.05) is 19.9 Å². The van der Waals surface area contributed by atoms with Gasteiger partial charge >= 0.3 is 12.4 Å². The molecule has 0 radical (unpaired) electrons. The number of ether oxygens (including phenoxy) is 1. The molecule has 0 amide bonds. The fourth-order valence-corrected chi connectivity index (χ4v) is 15.2. The zero-order valence-electron chi connectivity index (χ0n) is 59.0. The van der Waals surface area contributed by atoms with E-state index in [2.05, 4.69) is 57.5 Å². The molecule has 0 spiro atoms. The van der Waals surface area contributed by atoms with E-state index in [4.69, 9.17) is 9.84 Å². The Kier molecular flexibility index (Phi) is 23.6. The Morgan fingerprint density at radius 3 is 1.52 bits per heavy atom. The van der Waals surface area contributed by atoms with E-state index in [0.717, 1.165) is 120 Å². The maximum Gasteiger partial charge on any atom is 0.389 e. The molecule has 4 aliphatic rings. The van der Waals surface area contributed by atoms with Gasteiger partial charge in [0.25, 0.3) is 5.92 Å². The third-order valence-electron chi connectivity index (χ3n) is 19.8. The molecule has 3 saturated carbocycles. The molecule has 10 heterocycles. The minimum Gasteiger partial charge on any atom is -0.393 e. The number of ketones is 1.